The van der Waals surface area contributed by atoms with Crippen molar-refractivity contribution in [2.24, 2.45) is 5.10 Å². The van der Waals surface area contributed by atoms with Gasteiger partial charge in [0.15, 0.2) is 0 Å². The fourth-order valence-electron chi connectivity index (χ4n) is 1.35. The first kappa shape index (κ1) is 5.03. The lowest BCUT2D eigenvalue weighted by Gasteiger charge is -2.22. The highest BCUT2D eigenvalue weighted by atomic mass is 15.5. The Labute approximate surface area is 54.9 Å². The summed E-state index contributed by atoms with van der Waals surface area (Å²) in [6, 6.07) is 0.690. The first-order chi connectivity index (χ1) is 4.47. The lowest BCUT2D eigenvalue weighted by atomic mass is 10.1. The van der Waals surface area contributed by atoms with Crippen LogP contribution in [0.25, 0.3) is 0 Å². The number of fused-ring (bicyclic) bond motifs is 1. The molecule has 2 aliphatic heterocycles. The molecule has 0 spiro atoms. The monoisotopic (exact) mass is 122 g/mol. The van der Waals surface area contributed by atoms with Crippen molar-refractivity contribution in [3.8, 4) is 0 Å². The number of allylic oxidation sites excluding steroid dienone is 1. The van der Waals surface area contributed by atoms with Crippen LogP contribution in [0.2, 0.25) is 0 Å². The average molecular weight is 122 g/mol. The van der Waals surface area contributed by atoms with E-state index >= 15 is 0 Å². The van der Waals surface area contributed by atoms with Crippen LogP contribution in [0.1, 0.15) is 19.3 Å². The zero-order chi connectivity index (χ0) is 6.10. The van der Waals surface area contributed by atoms with Gasteiger partial charge < -0.3 is 0 Å². The van der Waals surface area contributed by atoms with E-state index in [1.807, 2.05) is 6.21 Å². The van der Waals surface area contributed by atoms with Gasteiger partial charge in [0.25, 0.3) is 0 Å². The van der Waals surface area contributed by atoms with Gasteiger partial charge in [-0.25, -0.2) is 0 Å². The Bertz CT molecular complexity index is 160. The molecule has 9 heavy (non-hydrogen) atoms. The van der Waals surface area contributed by atoms with Crippen molar-refractivity contribution < 1.29 is 0 Å². The maximum Gasteiger partial charge on any atom is 0.0571 e. The van der Waals surface area contributed by atoms with Crippen molar-refractivity contribution in [3.05, 3.63) is 12.3 Å². The van der Waals surface area contributed by atoms with Gasteiger partial charge in [-0.1, -0.05) is 6.08 Å². The molecule has 0 N–H and O–H groups in total. The van der Waals surface area contributed by atoms with Crippen molar-refractivity contribution in [1.29, 1.82) is 0 Å². The van der Waals surface area contributed by atoms with E-state index in [1.54, 1.807) is 0 Å². The van der Waals surface area contributed by atoms with Gasteiger partial charge in [-0.2, -0.15) is 5.10 Å². The van der Waals surface area contributed by atoms with Crippen molar-refractivity contribution in [3.63, 3.8) is 0 Å². The summed E-state index contributed by atoms with van der Waals surface area (Å²) in [5.41, 5.74) is 0. The summed E-state index contributed by atoms with van der Waals surface area (Å²) in [7, 11) is 0. The number of hydrazone groups is 1. The topological polar surface area (TPSA) is 15.6 Å². The minimum absolute atomic E-state index is 0.690. The minimum Gasteiger partial charge on any atom is -0.270 e. The Balaban J connectivity index is 2.17. The zero-order valence-corrected chi connectivity index (χ0v) is 5.33. The predicted molar refractivity (Wildman–Crippen MR) is 37.1 cm³/mol. The second-order valence-electron chi connectivity index (χ2n) is 2.53. The van der Waals surface area contributed by atoms with E-state index in [2.05, 4.69) is 22.4 Å². The number of hydrogen-bond donors (Lipinski definition) is 0. The molecule has 0 bridgehead atoms. The van der Waals surface area contributed by atoms with Crippen LogP contribution in [0.4, 0.5) is 0 Å². The second kappa shape index (κ2) is 1.87. The van der Waals surface area contributed by atoms with Crippen LogP contribution >= 0.6 is 0 Å². The molecule has 2 rings (SSSR count). The highest BCUT2D eigenvalue weighted by Gasteiger charge is 2.19. The molecule has 2 heterocycles. The van der Waals surface area contributed by atoms with Crippen LogP contribution < -0.4 is 0 Å². The van der Waals surface area contributed by atoms with E-state index in [0.29, 0.717) is 6.04 Å². The minimum atomic E-state index is 0.690. The average Bonchev–Trinajstić information content (AvgIpc) is 2.33. The standard InChI is InChI=1S/C7H10N2/c1-2-6-9-7(3-1)4-5-8-9/h2,5-7H,1,3-4H2. The number of rotatable bonds is 0. The van der Waals surface area contributed by atoms with Crippen LogP contribution in [-0.4, -0.2) is 17.3 Å². The molecule has 0 aromatic heterocycles. The van der Waals surface area contributed by atoms with Gasteiger partial charge in [0.05, 0.1) is 6.04 Å². The molecular formula is C7H10N2. The first-order valence-electron chi connectivity index (χ1n) is 3.44. The first-order valence-corrected chi connectivity index (χ1v) is 3.44. The molecule has 1 atom stereocenters. The molecule has 0 saturated heterocycles. The summed E-state index contributed by atoms with van der Waals surface area (Å²) in [6.45, 7) is 0. The van der Waals surface area contributed by atoms with Gasteiger partial charge in [-0.05, 0) is 12.8 Å². The molecule has 48 valence electrons. The van der Waals surface area contributed by atoms with Crippen LogP contribution in [0.5, 0.6) is 0 Å². The molecule has 0 aliphatic carbocycles. The molecule has 2 heteroatoms. The van der Waals surface area contributed by atoms with Crippen molar-refractivity contribution in [2.45, 2.75) is 25.3 Å². The number of hydrogen-bond acceptors (Lipinski definition) is 2. The summed E-state index contributed by atoms with van der Waals surface area (Å²) in [5, 5.41) is 6.24. The SMILES string of the molecule is C1=CN2N=CCC2CC1. The fourth-order valence-corrected chi connectivity index (χ4v) is 1.35. The predicted octanol–water partition coefficient (Wildman–Crippen LogP) is 1.35. The third kappa shape index (κ3) is 0.745. The summed E-state index contributed by atoms with van der Waals surface area (Å²) in [6.07, 6.45) is 9.91. The van der Waals surface area contributed by atoms with Gasteiger partial charge in [0.1, 0.15) is 0 Å². The van der Waals surface area contributed by atoms with Crippen LogP contribution in [0, 0.1) is 0 Å². The summed E-state index contributed by atoms with van der Waals surface area (Å²) < 4.78 is 0. The summed E-state index contributed by atoms with van der Waals surface area (Å²) in [4.78, 5) is 0. The zero-order valence-electron chi connectivity index (χ0n) is 5.33. The largest absolute Gasteiger partial charge is 0.270 e. The quantitative estimate of drug-likeness (QED) is 0.473. The van der Waals surface area contributed by atoms with Gasteiger partial charge in [-0.15, -0.1) is 0 Å². The highest BCUT2D eigenvalue weighted by Crippen LogP contribution is 2.20. The van der Waals surface area contributed by atoms with Crippen LogP contribution in [0.3, 0.4) is 0 Å². The van der Waals surface area contributed by atoms with Gasteiger partial charge in [0, 0.05) is 18.8 Å². The number of nitrogens with zero attached hydrogens (tertiary/aromatic N) is 2. The van der Waals surface area contributed by atoms with E-state index in [4.69, 9.17) is 0 Å². The van der Waals surface area contributed by atoms with Crippen molar-refractivity contribution >= 4 is 6.21 Å². The van der Waals surface area contributed by atoms with Crippen molar-refractivity contribution in [1.82, 2.24) is 5.01 Å². The molecule has 0 saturated carbocycles. The van der Waals surface area contributed by atoms with Crippen LogP contribution in [-0.2, 0) is 0 Å². The second-order valence-corrected chi connectivity index (χ2v) is 2.53. The maximum absolute atomic E-state index is 4.18. The molecule has 0 radical (unpaired) electrons. The van der Waals surface area contributed by atoms with E-state index in [-0.39, 0.29) is 0 Å². The Morgan fingerprint density at radius 1 is 1.56 bits per heavy atom. The van der Waals surface area contributed by atoms with Gasteiger partial charge in [-0.3, -0.25) is 5.01 Å². The third-order valence-electron chi connectivity index (χ3n) is 1.89. The summed E-state index contributed by atoms with van der Waals surface area (Å²) in [5.74, 6) is 0. The molecule has 2 nitrogen and oxygen atoms in total. The van der Waals surface area contributed by atoms with E-state index in [1.165, 1.54) is 12.8 Å². The Kier molecular flexibility index (Phi) is 1.04. The van der Waals surface area contributed by atoms with E-state index in [0.717, 1.165) is 6.42 Å². The van der Waals surface area contributed by atoms with E-state index < -0.39 is 0 Å². The normalized spacial score (nSPS) is 31.1. The van der Waals surface area contributed by atoms with Crippen molar-refractivity contribution in [2.75, 3.05) is 0 Å². The lowest BCUT2D eigenvalue weighted by Crippen LogP contribution is -2.23. The molecule has 0 amide bonds. The third-order valence-corrected chi connectivity index (χ3v) is 1.89. The molecule has 0 aromatic carbocycles. The molecular weight excluding hydrogens is 112 g/mol. The molecule has 2 aliphatic rings. The molecule has 1 unspecified atom stereocenters. The maximum atomic E-state index is 4.18. The van der Waals surface area contributed by atoms with Gasteiger partial charge in [0.2, 0.25) is 0 Å². The molecule has 0 aromatic rings. The fraction of sp³-hybridized carbons (Fsp3) is 0.571. The smallest absolute Gasteiger partial charge is 0.0571 e. The highest BCUT2D eigenvalue weighted by molar-refractivity contribution is 5.60. The Morgan fingerprint density at radius 2 is 2.56 bits per heavy atom. The Hall–Kier alpha value is -0.790. The molecule has 0 fully saturated rings. The van der Waals surface area contributed by atoms with Crippen LogP contribution in [0.15, 0.2) is 17.4 Å². The Morgan fingerprint density at radius 3 is 3.44 bits per heavy atom. The lowest BCUT2D eigenvalue weighted by molar-refractivity contribution is 0.292. The van der Waals surface area contributed by atoms with E-state index in [9.17, 15) is 0 Å². The summed E-state index contributed by atoms with van der Waals surface area (Å²) >= 11 is 0. The van der Waals surface area contributed by atoms with Gasteiger partial charge >= 0.3 is 0 Å².